The van der Waals surface area contributed by atoms with Crippen LogP contribution < -0.4 is 4.90 Å². The van der Waals surface area contributed by atoms with Crippen molar-refractivity contribution in [2.75, 3.05) is 11.4 Å². The van der Waals surface area contributed by atoms with Crippen LogP contribution in [0.5, 0.6) is 0 Å². The maximum atomic E-state index is 13.5. The first-order valence-electron chi connectivity index (χ1n) is 10.3. The number of nitrogens with zero attached hydrogens (tertiary/aromatic N) is 2. The van der Waals surface area contributed by atoms with E-state index in [1.807, 2.05) is 24.0 Å². The molecule has 3 heterocycles. The molecule has 3 aromatic rings. The molecule has 0 bridgehead atoms. The van der Waals surface area contributed by atoms with E-state index in [9.17, 15) is 22.8 Å². The number of carbonyl (C=O) groups is 2. The highest BCUT2D eigenvalue weighted by atomic mass is 35.5. The molecule has 2 aliphatic heterocycles. The third kappa shape index (κ3) is 3.20. The number of anilines is 1. The second-order valence-corrected chi connectivity index (χ2v) is 8.61. The van der Waals surface area contributed by atoms with Gasteiger partial charge in [-0.1, -0.05) is 23.7 Å². The molecule has 32 heavy (non-hydrogen) atoms. The summed E-state index contributed by atoms with van der Waals surface area (Å²) in [6, 6.07) is 9.24. The van der Waals surface area contributed by atoms with E-state index in [1.165, 1.54) is 18.2 Å². The fourth-order valence-electron chi connectivity index (χ4n) is 4.93. The molecular weight excluding hydrogens is 443 g/mol. The Morgan fingerprint density at radius 3 is 2.62 bits per heavy atom. The van der Waals surface area contributed by atoms with Crippen LogP contribution >= 0.6 is 11.6 Å². The Labute approximate surface area is 186 Å². The smallest absolute Gasteiger partial charge is 0.357 e. The highest BCUT2D eigenvalue weighted by Gasteiger charge is 2.48. The molecule has 1 aromatic heterocycles. The zero-order valence-corrected chi connectivity index (χ0v) is 17.8. The van der Waals surface area contributed by atoms with Crippen LogP contribution in [0.15, 0.2) is 42.5 Å². The first-order valence-corrected chi connectivity index (χ1v) is 10.6. The summed E-state index contributed by atoms with van der Waals surface area (Å²) in [5.74, 6) is -1.25. The van der Waals surface area contributed by atoms with Crippen molar-refractivity contribution in [3.63, 3.8) is 0 Å². The van der Waals surface area contributed by atoms with E-state index in [-0.39, 0.29) is 12.5 Å². The van der Waals surface area contributed by atoms with Crippen molar-refractivity contribution in [2.45, 2.75) is 38.0 Å². The molecule has 5 nitrogen and oxygen atoms in total. The van der Waals surface area contributed by atoms with Gasteiger partial charge in [0, 0.05) is 34.2 Å². The summed E-state index contributed by atoms with van der Waals surface area (Å²) in [5, 5.41) is 1.65. The number of aromatic nitrogens is 1. The number of fused-ring (bicyclic) bond motifs is 3. The third-order valence-corrected chi connectivity index (χ3v) is 6.65. The molecule has 1 fully saturated rings. The lowest BCUT2D eigenvalue weighted by Gasteiger charge is -2.36. The second-order valence-electron chi connectivity index (χ2n) is 8.17. The number of nitrogens with one attached hydrogen (secondary N) is 1. The maximum Gasteiger partial charge on any atom is 0.418 e. The van der Waals surface area contributed by atoms with Crippen LogP contribution in [0.3, 0.4) is 0 Å². The van der Waals surface area contributed by atoms with Crippen molar-refractivity contribution >= 4 is 40.0 Å². The largest absolute Gasteiger partial charge is 0.418 e. The summed E-state index contributed by atoms with van der Waals surface area (Å²) in [5.41, 5.74) is 1.57. The van der Waals surface area contributed by atoms with Gasteiger partial charge in [-0.05, 0) is 49.2 Å². The minimum atomic E-state index is -4.67. The van der Waals surface area contributed by atoms with Gasteiger partial charge in [0.15, 0.2) is 0 Å². The van der Waals surface area contributed by atoms with Gasteiger partial charge in [0.05, 0.1) is 23.7 Å². The van der Waals surface area contributed by atoms with Crippen molar-refractivity contribution < 1.29 is 22.8 Å². The molecule has 1 N–H and O–H groups in total. The SMILES string of the molecule is CC1c2[nH]c3ccc(Cl)cc3c2CCN1C1CC(=O)N(c2ccccc2C(F)(F)F)C1=O. The van der Waals surface area contributed by atoms with Gasteiger partial charge in [0.2, 0.25) is 5.91 Å². The van der Waals surface area contributed by atoms with E-state index in [4.69, 9.17) is 11.6 Å². The zero-order valence-electron chi connectivity index (χ0n) is 17.0. The van der Waals surface area contributed by atoms with Crippen LogP contribution in [0.4, 0.5) is 18.9 Å². The molecule has 0 aliphatic carbocycles. The van der Waals surface area contributed by atoms with Crippen LogP contribution in [0.2, 0.25) is 5.02 Å². The highest BCUT2D eigenvalue weighted by molar-refractivity contribution is 6.31. The summed E-state index contributed by atoms with van der Waals surface area (Å²) in [4.78, 5) is 32.0. The molecule has 9 heteroatoms. The number of carbonyl (C=O) groups excluding carboxylic acids is 2. The molecule has 2 atom stereocenters. The number of alkyl halides is 3. The maximum absolute atomic E-state index is 13.5. The van der Waals surface area contributed by atoms with Gasteiger partial charge in [-0.3, -0.25) is 14.5 Å². The first-order chi connectivity index (χ1) is 15.2. The van der Waals surface area contributed by atoms with Crippen LogP contribution in [-0.4, -0.2) is 34.3 Å². The standard InChI is InChI=1S/C23H19ClF3N3O2/c1-12-21-14(15-10-13(24)6-7-17(15)28-21)8-9-29(12)19-11-20(31)30(22(19)32)18-5-3-2-4-16(18)23(25,26)27/h2-7,10,12,19,28H,8-9,11H2,1H3. The number of H-pyrrole nitrogens is 1. The molecule has 5 rings (SSSR count). The molecule has 2 unspecified atom stereocenters. The van der Waals surface area contributed by atoms with Crippen molar-refractivity contribution in [2.24, 2.45) is 0 Å². The predicted molar refractivity (Wildman–Crippen MR) is 114 cm³/mol. The summed E-state index contributed by atoms with van der Waals surface area (Å²) in [7, 11) is 0. The van der Waals surface area contributed by atoms with E-state index >= 15 is 0 Å². The fraction of sp³-hybridized carbons (Fsp3) is 0.304. The average molecular weight is 462 g/mol. The minimum Gasteiger partial charge on any atom is -0.357 e. The van der Waals surface area contributed by atoms with Gasteiger partial charge in [-0.25, -0.2) is 4.90 Å². The third-order valence-electron chi connectivity index (χ3n) is 6.41. The Bertz CT molecular complexity index is 1250. The molecule has 0 radical (unpaired) electrons. The highest BCUT2D eigenvalue weighted by Crippen LogP contribution is 2.41. The summed E-state index contributed by atoms with van der Waals surface area (Å²) >= 11 is 6.15. The predicted octanol–water partition coefficient (Wildman–Crippen LogP) is 5.09. The van der Waals surface area contributed by atoms with Gasteiger partial charge in [-0.15, -0.1) is 0 Å². The van der Waals surface area contributed by atoms with Gasteiger partial charge in [0.25, 0.3) is 5.91 Å². The average Bonchev–Trinajstić information content (AvgIpc) is 3.25. The van der Waals surface area contributed by atoms with Gasteiger partial charge in [-0.2, -0.15) is 13.2 Å². The summed E-state index contributed by atoms with van der Waals surface area (Å²) < 4.78 is 40.5. The number of halogens is 4. The van der Waals surface area contributed by atoms with Crippen molar-refractivity contribution in [1.29, 1.82) is 0 Å². The first kappa shape index (κ1) is 21.0. The van der Waals surface area contributed by atoms with Crippen molar-refractivity contribution in [3.05, 3.63) is 64.3 Å². The Morgan fingerprint density at radius 1 is 1.12 bits per heavy atom. The summed E-state index contributed by atoms with van der Waals surface area (Å²) in [6.45, 7) is 2.44. The number of benzene rings is 2. The van der Waals surface area contributed by atoms with Crippen LogP contribution in [-0.2, 0) is 22.2 Å². The van der Waals surface area contributed by atoms with E-state index < -0.39 is 35.3 Å². The number of imide groups is 1. The van der Waals surface area contributed by atoms with Gasteiger partial charge in [0.1, 0.15) is 0 Å². The number of para-hydroxylation sites is 1. The lowest BCUT2D eigenvalue weighted by molar-refractivity contribution is -0.137. The van der Waals surface area contributed by atoms with Crippen LogP contribution in [0, 0.1) is 0 Å². The topological polar surface area (TPSA) is 56.4 Å². The number of hydrogen-bond acceptors (Lipinski definition) is 3. The zero-order chi connectivity index (χ0) is 22.8. The van der Waals surface area contributed by atoms with E-state index in [1.54, 1.807) is 6.07 Å². The number of aromatic amines is 1. The monoisotopic (exact) mass is 461 g/mol. The lowest BCUT2D eigenvalue weighted by Crippen LogP contribution is -2.46. The molecular formula is C23H19ClF3N3O2. The van der Waals surface area contributed by atoms with E-state index in [2.05, 4.69) is 4.98 Å². The quantitative estimate of drug-likeness (QED) is 0.541. The normalized spacial score (nSPS) is 22.1. The Hall–Kier alpha value is -2.84. The molecule has 2 amide bonds. The van der Waals surface area contributed by atoms with Gasteiger partial charge < -0.3 is 4.98 Å². The number of amides is 2. The fourth-order valence-corrected chi connectivity index (χ4v) is 5.10. The molecule has 1 saturated heterocycles. The number of rotatable bonds is 2. The van der Waals surface area contributed by atoms with Crippen molar-refractivity contribution in [1.82, 2.24) is 9.88 Å². The Morgan fingerprint density at radius 2 is 1.88 bits per heavy atom. The van der Waals surface area contributed by atoms with E-state index in [0.717, 1.165) is 28.2 Å². The second kappa shape index (κ2) is 7.35. The van der Waals surface area contributed by atoms with Crippen LogP contribution in [0.25, 0.3) is 10.9 Å². The molecule has 2 aliphatic rings. The number of hydrogen-bond donors (Lipinski definition) is 1. The van der Waals surface area contributed by atoms with E-state index in [0.29, 0.717) is 22.9 Å². The van der Waals surface area contributed by atoms with Crippen LogP contribution in [0.1, 0.15) is 36.2 Å². The lowest BCUT2D eigenvalue weighted by atomic mass is 9.96. The Balaban J connectivity index is 1.48. The van der Waals surface area contributed by atoms with Gasteiger partial charge >= 0.3 is 6.18 Å². The molecule has 0 spiro atoms. The Kier molecular flexibility index (Phi) is 4.83. The van der Waals surface area contributed by atoms with Crippen molar-refractivity contribution in [3.8, 4) is 0 Å². The minimum absolute atomic E-state index is 0.156. The molecule has 0 saturated carbocycles. The molecule has 2 aromatic carbocycles. The molecule has 166 valence electrons. The summed E-state index contributed by atoms with van der Waals surface area (Å²) in [6.07, 6.45) is -4.19.